The Balaban J connectivity index is 1.60. The van der Waals surface area contributed by atoms with Gasteiger partial charge >= 0.3 is 0 Å². The molecular weight excluding hydrogens is 598 g/mol. The minimum Gasteiger partial charge on any atom is -0.492 e. The average molecular weight is 640 g/mol. The lowest BCUT2D eigenvalue weighted by Crippen LogP contribution is -2.52. The zero-order valence-electron chi connectivity index (χ0n) is 25.5. The van der Waals surface area contributed by atoms with Gasteiger partial charge < -0.3 is 15.0 Å². The van der Waals surface area contributed by atoms with Gasteiger partial charge in [-0.05, 0) is 55.5 Å². The Morgan fingerprint density at radius 1 is 0.977 bits per heavy atom. The zero-order valence-corrected chi connectivity index (χ0v) is 27.0. The van der Waals surface area contributed by atoms with Gasteiger partial charge in [-0.15, -0.1) is 0 Å². The highest BCUT2D eigenvalue weighted by Crippen LogP contribution is 2.30. The van der Waals surface area contributed by atoms with Crippen molar-refractivity contribution in [3.63, 3.8) is 0 Å². The number of carbonyl (C=O) groups excluding carboxylic acids is 2. The monoisotopic (exact) mass is 639 g/mol. The van der Waals surface area contributed by atoms with Crippen molar-refractivity contribution in [1.82, 2.24) is 10.2 Å². The first-order valence-electron chi connectivity index (χ1n) is 15.2. The van der Waals surface area contributed by atoms with Crippen LogP contribution in [-0.4, -0.2) is 56.6 Å². The zero-order chi connectivity index (χ0) is 31.5. The number of sulfonamides is 1. The van der Waals surface area contributed by atoms with Gasteiger partial charge in [0.05, 0.1) is 18.6 Å². The Morgan fingerprint density at radius 2 is 1.64 bits per heavy atom. The molecule has 1 fully saturated rings. The summed E-state index contributed by atoms with van der Waals surface area (Å²) in [7, 11) is -3.67. The molecule has 0 unspecified atom stereocenters. The summed E-state index contributed by atoms with van der Waals surface area (Å²) >= 11 is 6.54. The molecule has 0 bridgehead atoms. The van der Waals surface area contributed by atoms with E-state index in [1.54, 1.807) is 35.2 Å². The van der Waals surface area contributed by atoms with E-state index in [9.17, 15) is 18.0 Å². The summed E-state index contributed by atoms with van der Waals surface area (Å²) < 4.78 is 32.7. The number of carbonyl (C=O) groups is 2. The maximum absolute atomic E-state index is 14.1. The Hall–Kier alpha value is -3.56. The third kappa shape index (κ3) is 9.22. The number of hydrogen-bond donors (Lipinski definition) is 1. The van der Waals surface area contributed by atoms with Crippen LogP contribution in [0.25, 0.3) is 0 Å². The van der Waals surface area contributed by atoms with Crippen LogP contribution < -0.4 is 14.4 Å². The molecule has 236 valence electrons. The van der Waals surface area contributed by atoms with Crippen molar-refractivity contribution in [3.05, 3.63) is 95.0 Å². The maximum atomic E-state index is 14.1. The van der Waals surface area contributed by atoms with Crippen LogP contribution in [0.1, 0.15) is 56.6 Å². The Labute approximate surface area is 266 Å². The third-order valence-electron chi connectivity index (χ3n) is 7.86. The van der Waals surface area contributed by atoms with E-state index < -0.39 is 16.1 Å². The second kappa shape index (κ2) is 16.0. The van der Waals surface area contributed by atoms with E-state index in [1.807, 2.05) is 55.5 Å². The standard InChI is InChI=1S/C34H42ClN3O5S/c1-3-43-32-21-12-11-20-30(32)38(44(2,41)42)23-13-22-33(39)37(25-27-16-7-10-19-29(27)35)31(24-26-14-5-4-6-15-26)34(40)36-28-17-8-9-18-28/h4-7,10-12,14-16,19-21,28,31H,3,8-9,13,17-18,22-25H2,1-2H3,(H,36,40)/t31-/m1/s1. The lowest BCUT2D eigenvalue weighted by atomic mass is 10.0. The molecule has 3 aromatic carbocycles. The molecule has 44 heavy (non-hydrogen) atoms. The summed E-state index contributed by atoms with van der Waals surface area (Å²) in [6, 6.07) is 23.2. The smallest absolute Gasteiger partial charge is 0.243 e. The van der Waals surface area contributed by atoms with E-state index in [0.717, 1.165) is 43.1 Å². The van der Waals surface area contributed by atoms with Crippen LogP contribution in [0, 0.1) is 0 Å². The van der Waals surface area contributed by atoms with Crippen molar-refractivity contribution >= 4 is 39.1 Å². The Bertz CT molecular complexity index is 1500. The van der Waals surface area contributed by atoms with Crippen LogP contribution >= 0.6 is 11.6 Å². The third-order valence-corrected chi connectivity index (χ3v) is 9.41. The molecule has 10 heteroatoms. The number of amides is 2. The number of nitrogens with zero attached hydrogens (tertiary/aromatic N) is 2. The summed E-state index contributed by atoms with van der Waals surface area (Å²) in [5.41, 5.74) is 2.10. The molecule has 0 radical (unpaired) electrons. The summed E-state index contributed by atoms with van der Waals surface area (Å²) in [5.74, 6) is 0.0159. The van der Waals surface area contributed by atoms with Crippen molar-refractivity contribution in [2.24, 2.45) is 0 Å². The molecule has 3 aromatic rings. The molecule has 1 saturated carbocycles. The molecule has 1 aliphatic carbocycles. The fourth-order valence-corrected chi connectivity index (χ4v) is 6.82. The number of rotatable bonds is 15. The maximum Gasteiger partial charge on any atom is 0.243 e. The first-order chi connectivity index (χ1) is 21.2. The predicted octanol–water partition coefficient (Wildman–Crippen LogP) is 5.98. The Kier molecular flexibility index (Phi) is 12.1. The summed E-state index contributed by atoms with van der Waals surface area (Å²) in [6.45, 7) is 2.45. The van der Waals surface area contributed by atoms with Gasteiger partial charge in [0.1, 0.15) is 11.8 Å². The first-order valence-corrected chi connectivity index (χ1v) is 17.5. The molecule has 4 rings (SSSR count). The van der Waals surface area contributed by atoms with Crippen molar-refractivity contribution < 1.29 is 22.7 Å². The number of para-hydroxylation sites is 2. The molecule has 0 saturated heterocycles. The van der Waals surface area contributed by atoms with Gasteiger partial charge in [0.25, 0.3) is 0 Å². The highest BCUT2D eigenvalue weighted by Gasteiger charge is 2.32. The van der Waals surface area contributed by atoms with E-state index in [2.05, 4.69) is 5.32 Å². The van der Waals surface area contributed by atoms with Crippen molar-refractivity contribution in [2.75, 3.05) is 23.7 Å². The number of hydrogen-bond acceptors (Lipinski definition) is 5. The van der Waals surface area contributed by atoms with Gasteiger partial charge in [-0.1, -0.05) is 85.1 Å². The molecule has 0 heterocycles. The summed E-state index contributed by atoms with van der Waals surface area (Å²) in [5, 5.41) is 3.71. The fraction of sp³-hybridized carbons (Fsp3) is 0.412. The molecule has 8 nitrogen and oxygen atoms in total. The number of ether oxygens (including phenoxy) is 1. The predicted molar refractivity (Wildman–Crippen MR) is 175 cm³/mol. The minimum absolute atomic E-state index is 0.0370. The van der Waals surface area contributed by atoms with Crippen LogP contribution in [-0.2, 0) is 32.6 Å². The van der Waals surface area contributed by atoms with Crippen LogP contribution in [0.5, 0.6) is 5.75 Å². The van der Waals surface area contributed by atoms with Crippen LogP contribution in [0.15, 0.2) is 78.9 Å². The van der Waals surface area contributed by atoms with Gasteiger partial charge in [0.15, 0.2) is 0 Å². The van der Waals surface area contributed by atoms with Gasteiger partial charge in [0, 0.05) is 37.0 Å². The van der Waals surface area contributed by atoms with Crippen molar-refractivity contribution in [2.45, 2.75) is 70.5 Å². The molecule has 1 atom stereocenters. The fourth-order valence-electron chi connectivity index (χ4n) is 5.65. The van der Waals surface area contributed by atoms with Gasteiger partial charge in [-0.2, -0.15) is 0 Å². The topological polar surface area (TPSA) is 96.0 Å². The molecule has 0 spiro atoms. The number of anilines is 1. The van der Waals surface area contributed by atoms with Crippen molar-refractivity contribution in [1.29, 1.82) is 0 Å². The SMILES string of the molecule is CCOc1ccccc1N(CCCC(=O)N(Cc1ccccc1Cl)[C@H](Cc1ccccc1)C(=O)NC1CCCC1)S(C)(=O)=O. The number of halogens is 1. The van der Waals surface area contributed by atoms with Crippen LogP contribution in [0.4, 0.5) is 5.69 Å². The number of benzene rings is 3. The Morgan fingerprint density at radius 3 is 2.32 bits per heavy atom. The summed E-state index contributed by atoms with van der Waals surface area (Å²) in [4.78, 5) is 29.6. The number of nitrogens with one attached hydrogen (secondary N) is 1. The quantitative estimate of drug-likeness (QED) is 0.221. The average Bonchev–Trinajstić information content (AvgIpc) is 3.51. The van der Waals surface area contributed by atoms with Crippen molar-refractivity contribution in [3.8, 4) is 5.75 Å². The van der Waals surface area contributed by atoms with Crippen LogP contribution in [0.3, 0.4) is 0 Å². The van der Waals surface area contributed by atoms with Gasteiger partial charge in [-0.3, -0.25) is 13.9 Å². The molecule has 2 amide bonds. The second-order valence-corrected chi connectivity index (χ2v) is 13.5. The van der Waals surface area contributed by atoms with E-state index in [-0.39, 0.29) is 43.8 Å². The molecule has 1 N–H and O–H groups in total. The highest BCUT2D eigenvalue weighted by molar-refractivity contribution is 7.92. The molecule has 0 aliphatic heterocycles. The normalized spacial score (nSPS) is 14.2. The second-order valence-electron chi connectivity index (χ2n) is 11.1. The molecular formula is C34H42ClN3O5S. The lowest BCUT2D eigenvalue weighted by Gasteiger charge is -2.33. The van der Waals surface area contributed by atoms with E-state index in [1.165, 1.54) is 4.31 Å². The highest BCUT2D eigenvalue weighted by atomic mass is 35.5. The minimum atomic E-state index is -3.67. The molecule has 0 aromatic heterocycles. The van der Waals surface area contributed by atoms with Crippen LogP contribution in [0.2, 0.25) is 5.02 Å². The largest absolute Gasteiger partial charge is 0.492 e. The van der Waals surface area contributed by atoms with E-state index >= 15 is 0 Å². The lowest BCUT2D eigenvalue weighted by molar-refractivity contribution is -0.141. The first kappa shape index (κ1) is 33.3. The van der Waals surface area contributed by atoms with E-state index in [0.29, 0.717) is 29.5 Å². The van der Waals surface area contributed by atoms with E-state index in [4.69, 9.17) is 16.3 Å². The summed E-state index contributed by atoms with van der Waals surface area (Å²) in [6.07, 6.45) is 5.75. The van der Waals surface area contributed by atoms with Gasteiger partial charge in [-0.25, -0.2) is 8.42 Å². The van der Waals surface area contributed by atoms with Gasteiger partial charge in [0.2, 0.25) is 21.8 Å². The molecule has 1 aliphatic rings.